The quantitative estimate of drug-likeness (QED) is 0.418. The fourth-order valence-electron chi connectivity index (χ4n) is 5.84. The molecule has 4 aliphatic rings. The number of anilines is 2. The molecule has 4 heterocycles. The molecule has 0 spiro atoms. The Bertz CT molecular complexity index is 1600. The molecule has 1 saturated carbocycles. The van der Waals surface area contributed by atoms with Gasteiger partial charge in [0.05, 0.1) is 11.5 Å². The number of aromatic nitrogens is 3. The maximum absolute atomic E-state index is 6.64. The number of hydrogen-bond donors (Lipinski definition) is 3. The van der Waals surface area contributed by atoms with Crippen molar-refractivity contribution in [1.82, 2.24) is 20.3 Å². The molecule has 41 heavy (non-hydrogen) atoms. The summed E-state index contributed by atoms with van der Waals surface area (Å²) in [4.78, 5) is 19.6. The molecular weight excluding hydrogens is 530 g/mol. The molecule has 3 N–H and O–H groups in total. The van der Waals surface area contributed by atoms with Crippen molar-refractivity contribution in [2.24, 2.45) is 16.8 Å². The van der Waals surface area contributed by atoms with Gasteiger partial charge < -0.3 is 16.0 Å². The van der Waals surface area contributed by atoms with E-state index in [-0.39, 0.29) is 0 Å². The Morgan fingerprint density at radius 3 is 2.85 bits per heavy atom. The van der Waals surface area contributed by atoms with Gasteiger partial charge in [-0.05, 0) is 75.6 Å². The van der Waals surface area contributed by atoms with Crippen molar-refractivity contribution < 1.29 is 0 Å². The molecule has 2 atom stereocenters. The normalized spacial score (nSPS) is 24.9. The molecule has 0 aromatic carbocycles. The van der Waals surface area contributed by atoms with E-state index < -0.39 is 0 Å². The highest BCUT2D eigenvalue weighted by atomic mass is 35.5. The highest BCUT2D eigenvalue weighted by molar-refractivity contribution is 6.30. The van der Waals surface area contributed by atoms with Crippen LogP contribution in [0.4, 0.5) is 11.6 Å². The second-order valence-corrected chi connectivity index (χ2v) is 11.9. The van der Waals surface area contributed by atoms with Crippen LogP contribution in [0.3, 0.4) is 0 Å². The molecule has 0 amide bonds. The number of hydrogen-bond acceptors (Lipinski definition) is 7. The van der Waals surface area contributed by atoms with E-state index in [0.717, 1.165) is 76.9 Å². The number of allylic oxidation sites excluding steroid dienone is 5. The van der Waals surface area contributed by atoms with Crippen molar-refractivity contribution in [2.45, 2.75) is 58.4 Å². The van der Waals surface area contributed by atoms with Gasteiger partial charge >= 0.3 is 0 Å². The van der Waals surface area contributed by atoms with Gasteiger partial charge in [-0.25, -0.2) is 15.0 Å². The monoisotopic (exact) mass is 567 g/mol. The second kappa shape index (κ2) is 12.1. The number of piperidine rings is 1. The fourth-order valence-corrected chi connectivity index (χ4v) is 6.12. The molecule has 0 radical (unpaired) electrons. The van der Waals surface area contributed by atoms with Gasteiger partial charge in [-0.2, -0.15) is 0 Å². The average Bonchev–Trinajstić information content (AvgIpc) is 3.80. The van der Waals surface area contributed by atoms with Crippen LogP contribution in [0.5, 0.6) is 0 Å². The minimum absolute atomic E-state index is 0.344. The molecule has 2 unspecified atom stereocenters. The molecule has 2 aromatic rings. The van der Waals surface area contributed by atoms with Crippen molar-refractivity contribution in [3.63, 3.8) is 0 Å². The van der Waals surface area contributed by atoms with Crippen molar-refractivity contribution >= 4 is 41.2 Å². The van der Waals surface area contributed by atoms with Crippen molar-refractivity contribution in [2.75, 3.05) is 23.7 Å². The van der Waals surface area contributed by atoms with Crippen LogP contribution in [0.15, 0.2) is 64.4 Å². The molecular formula is C33H38ClN7. The van der Waals surface area contributed by atoms with E-state index in [0.29, 0.717) is 35.2 Å². The molecule has 2 aliphatic carbocycles. The fraction of sp³-hybridized carbons (Fsp3) is 0.394. The molecule has 0 bridgehead atoms. The number of aliphatic imine (C=N–C) groups is 1. The summed E-state index contributed by atoms with van der Waals surface area (Å²) in [5.74, 6) is 3.39. The molecule has 6 rings (SSSR count). The lowest BCUT2D eigenvalue weighted by Crippen LogP contribution is -2.45. The topological polar surface area (TPSA) is 87.1 Å². The van der Waals surface area contributed by atoms with E-state index in [1.807, 2.05) is 43.6 Å². The molecule has 2 aliphatic heterocycles. The van der Waals surface area contributed by atoms with Gasteiger partial charge in [-0.15, -0.1) is 0 Å². The Kier molecular flexibility index (Phi) is 8.17. The Hall–Kier alpha value is -3.55. The van der Waals surface area contributed by atoms with Crippen molar-refractivity contribution in [3.8, 4) is 11.4 Å². The lowest BCUT2D eigenvalue weighted by atomic mass is 9.95. The third-order valence-electron chi connectivity index (χ3n) is 8.42. The van der Waals surface area contributed by atoms with Gasteiger partial charge in [0.25, 0.3) is 0 Å². The summed E-state index contributed by atoms with van der Waals surface area (Å²) < 4.78 is 0. The number of fused-ring (bicyclic) bond motifs is 1. The molecule has 1 saturated heterocycles. The first kappa shape index (κ1) is 27.6. The van der Waals surface area contributed by atoms with Gasteiger partial charge in [0, 0.05) is 57.5 Å². The zero-order chi connectivity index (χ0) is 28.3. The van der Waals surface area contributed by atoms with Crippen LogP contribution >= 0.6 is 11.6 Å². The number of rotatable bonds is 7. The first-order chi connectivity index (χ1) is 20.0. The van der Waals surface area contributed by atoms with E-state index >= 15 is 0 Å². The van der Waals surface area contributed by atoms with Crippen LogP contribution in [-0.4, -0.2) is 40.3 Å². The first-order valence-corrected chi connectivity index (χ1v) is 15.1. The van der Waals surface area contributed by atoms with Crippen molar-refractivity contribution in [3.05, 3.63) is 75.6 Å². The Morgan fingerprint density at radius 2 is 2.02 bits per heavy atom. The average molecular weight is 568 g/mol. The summed E-state index contributed by atoms with van der Waals surface area (Å²) >= 11 is 6.64. The van der Waals surface area contributed by atoms with Crippen LogP contribution in [0.1, 0.15) is 51.0 Å². The van der Waals surface area contributed by atoms with Gasteiger partial charge in [0.15, 0.2) is 5.82 Å². The predicted octanol–water partition coefficient (Wildman–Crippen LogP) is 5.35. The van der Waals surface area contributed by atoms with E-state index in [2.05, 4.69) is 45.5 Å². The van der Waals surface area contributed by atoms with Gasteiger partial charge in [-0.3, -0.25) is 4.99 Å². The standard InChI is InChI=1S/C33H38ClN7/c1-20-18-35-16-14-28(20)39-33-30-26(23-10-11-23)12-15-36-19-29(30)40-32(41-33)24-13-17-37-31(21(24)2)38-22(3)25-8-6-4-5-7-9-27(25)34/h4-6,8,13,15,17,19-20,23,28,35H,3,7,9-12,14,16,18H2,1-2H3,(H,37,38)(H,39,40,41)/b5-4?,8-6-,27-25-. The summed E-state index contributed by atoms with van der Waals surface area (Å²) in [5, 5.41) is 13.6. The van der Waals surface area contributed by atoms with Crippen LogP contribution in [0.2, 0.25) is 0 Å². The molecule has 7 nitrogen and oxygen atoms in total. The minimum atomic E-state index is 0.344. The third kappa shape index (κ3) is 6.07. The second-order valence-electron chi connectivity index (χ2n) is 11.4. The SMILES string of the molecule is C=C(Nc1nccc(-c2nc(NC3CCNCC3C)c3c(n2)=CN=CCC=3C2CC2)c1C)C1=C(\Cl)CCC=C/C=C\1. The maximum atomic E-state index is 6.64. The smallest absolute Gasteiger partial charge is 0.162 e. The van der Waals surface area contributed by atoms with Crippen LogP contribution in [0.25, 0.3) is 23.2 Å². The lowest BCUT2D eigenvalue weighted by molar-refractivity contribution is 0.367. The van der Waals surface area contributed by atoms with Gasteiger partial charge in [0.2, 0.25) is 0 Å². The number of pyridine rings is 1. The van der Waals surface area contributed by atoms with E-state index in [1.54, 1.807) is 6.20 Å². The van der Waals surface area contributed by atoms with Gasteiger partial charge in [-0.1, -0.05) is 49.4 Å². The first-order valence-electron chi connectivity index (χ1n) is 14.7. The highest BCUT2D eigenvalue weighted by Crippen LogP contribution is 2.38. The predicted molar refractivity (Wildman–Crippen MR) is 170 cm³/mol. The zero-order valence-electron chi connectivity index (χ0n) is 23.9. The van der Waals surface area contributed by atoms with Crippen LogP contribution < -0.4 is 26.5 Å². The van der Waals surface area contributed by atoms with E-state index in [9.17, 15) is 0 Å². The minimum Gasteiger partial charge on any atom is -0.366 e. The summed E-state index contributed by atoms with van der Waals surface area (Å²) in [6, 6.07) is 2.33. The maximum Gasteiger partial charge on any atom is 0.162 e. The molecule has 2 aromatic heterocycles. The Labute approximate surface area is 247 Å². The van der Waals surface area contributed by atoms with E-state index in [4.69, 9.17) is 21.6 Å². The largest absolute Gasteiger partial charge is 0.366 e. The molecule has 212 valence electrons. The number of nitrogens with one attached hydrogen (secondary N) is 3. The summed E-state index contributed by atoms with van der Waals surface area (Å²) in [6.07, 6.45) is 19.9. The van der Waals surface area contributed by atoms with Crippen molar-refractivity contribution in [1.29, 1.82) is 0 Å². The molecule has 8 heteroatoms. The van der Waals surface area contributed by atoms with Crippen LogP contribution in [-0.2, 0) is 0 Å². The summed E-state index contributed by atoms with van der Waals surface area (Å²) in [5.41, 5.74) is 4.88. The third-order valence-corrected chi connectivity index (χ3v) is 8.81. The number of nitrogens with zero attached hydrogens (tertiary/aromatic N) is 4. The Morgan fingerprint density at radius 1 is 1.15 bits per heavy atom. The summed E-state index contributed by atoms with van der Waals surface area (Å²) in [7, 11) is 0. The summed E-state index contributed by atoms with van der Waals surface area (Å²) in [6.45, 7) is 10.6. The zero-order valence-corrected chi connectivity index (χ0v) is 24.6. The Balaban J connectivity index is 1.41. The highest BCUT2D eigenvalue weighted by Gasteiger charge is 2.29. The van der Waals surface area contributed by atoms with Crippen LogP contribution in [0, 0.1) is 18.8 Å². The lowest BCUT2D eigenvalue weighted by Gasteiger charge is -2.31. The number of halogens is 1. The molecule has 2 fully saturated rings. The van der Waals surface area contributed by atoms with Gasteiger partial charge in [0.1, 0.15) is 11.6 Å². The van der Waals surface area contributed by atoms with E-state index in [1.165, 1.54) is 18.4 Å².